The van der Waals surface area contributed by atoms with Crippen molar-refractivity contribution in [3.05, 3.63) is 0 Å². The summed E-state index contributed by atoms with van der Waals surface area (Å²) in [5.74, 6) is 0.475. The minimum atomic E-state index is 0.0918. The van der Waals surface area contributed by atoms with Gasteiger partial charge in [0.15, 0.2) is 0 Å². The van der Waals surface area contributed by atoms with Crippen LogP contribution in [0.1, 0.15) is 45.4 Å². The highest BCUT2D eigenvalue weighted by atomic mass is 16.2. The van der Waals surface area contributed by atoms with Gasteiger partial charge in [0.2, 0.25) is 5.91 Å². The number of carbonyl (C=O) groups is 1. The molecule has 0 aromatic heterocycles. The Bertz CT molecular complexity index is 228. The van der Waals surface area contributed by atoms with Crippen molar-refractivity contribution >= 4 is 5.91 Å². The lowest BCUT2D eigenvalue weighted by molar-refractivity contribution is -0.127. The molecule has 2 aliphatic rings. The summed E-state index contributed by atoms with van der Waals surface area (Å²) >= 11 is 0. The summed E-state index contributed by atoms with van der Waals surface area (Å²) in [6.07, 6.45) is 7.01. The first-order chi connectivity index (χ1) is 7.20. The molecular formula is C12H22N2O. The molecule has 1 amide bonds. The Morgan fingerprint density at radius 1 is 1.33 bits per heavy atom. The van der Waals surface area contributed by atoms with Crippen molar-refractivity contribution in [3.8, 4) is 0 Å². The maximum absolute atomic E-state index is 12.0. The average molecular weight is 210 g/mol. The van der Waals surface area contributed by atoms with Crippen LogP contribution in [-0.2, 0) is 4.79 Å². The molecular weight excluding hydrogens is 188 g/mol. The lowest BCUT2D eigenvalue weighted by Gasteiger charge is -2.29. The molecule has 1 aliphatic heterocycles. The van der Waals surface area contributed by atoms with Gasteiger partial charge in [0.25, 0.3) is 0 Å². The van der Waals surface area contributed by atoms with Crippen LogP contribution in [0, 0.1) is 5.92 Å². The normalized spacial score (nSPS) is 30.1. The average Bonchev–Trinajstić information content (AvgIpc) is 2.66. The van der Waals surface area contributed by atoms with Crippen molar-refractivity contribution in [2.75, 3.05) is 13.1 Å². The molecule has 1 unspecified atom stereocenters. The molecule has 0 spiro atoms. The monoisotopic (exact) mass is 210 g/mol. The Labute approximate surface area is 92.0 Å². The van der Waals surface area contributed by atoms with Crippen LogP contribution in [0.25, 0.3) is 0 Å². The van der Waals surface area contributed by atoms with Gasteiger partial charge in [-0.25, -0.2) is 0 Å². The smallest absolute Gasteiger partial charge is 0.224 e. The SMILES string of the molecule is CC1(NC(=O)C2CCCNC2)CCCC1. The third-order valence-corrected chi connectivity index (χ3v) is 3.80. The summed E-state index contributed by atoms with van der Waals surface area (Å²) in [6.45, 7) is 4.12. The van der Waals surface area contributed by atoms with E-state index in [0.29, 0.717) is 0 Å². The third-order valence-electron chi connectivity index (χ3n) is 3.80. The zero-order chi connectivity index (χ0) is 10.7. The van der Waals surface area contributed by atoms with Gasteiger partial charge < -0.3 is 10.6 Å². The fourth-order valence-electron chi connectivity index (χ4n) is 2.76. The van der Waals surface area contributed by atoms with E-state index in [1.54, 1.807) is 0 Å². The second kappa shape index (κ2) is 4.52. The van der Waals surface area contributed by atoms with Crippen LogP contribution in [0.15, 0.2) is 0 Å². The van der Waals surface area contributed by atoms with E-state index in [1.807, 2.05) is 0 Å². The highest BCUT2D eigenvalue weighted by Crippen LogP contribution is 2.29. The minimum absolute atomic E-state index is 0.0918. The number of nitrogens with one attached hydrogen (secondary N) is 2. The molecule has 2 rings (SSSR count). The highest BCUT2D eigenvalue weighted by molar-refractivity contribution is 5.79. The Hall–Kier alpha value is -0.570. The summed E-state index contributed by atoms with van der Waals surface area (Å²) in [5.41, 5.74) is 0.0918. The molecule has 0 bridgehead atoms. The van der Waals surface area contributed by atoms with Gasteiger partial charge in [-0.1, -0.05) is 12.8 Å². The number of amides is 1. The van der Waals surface area contributed by atoms with Crippen LogP contribution in [0.4, 0.5) is 0 Å². The molecule has 1 aliphatic carbocycles. The van der Waals surface area contributed by atoms with Crippen molar-refractivity contribution in [2.24, 2.45) is 5.92 Å². The number of hydrogen-bond donors (Lipinski definition) is 2. The quantitative estimate of drug-likeness (QED) is 0.724. The van der Waals surface area contributed by atoms with Crippen LogP contribution in [-0.4, -0.2) is 24.5 Å². The van der Waals surface area contributed by atoms with Gasteiger partial charge in [-0.15, -0.1) is 0 Å². The first-order valence-electron chi connectivity index (χ1n) is 6.22. The van der Waals surface area contributed by atoms with Gasteiger partial charge in [-0.05, 0) is 39.2 Å². The first-order valence-corrected chi connectivity index (χ1v) is 6.22. The third kappa shape index (κ3) is 2.71. The molecule has 15 heavy (non-hydrogen) atoms. The molecule has 1 saturated heterocycles. The van der Waals surface area contributed by atoms with E-state index in [9.17, 15) is 4.79 Å². The Morgan fingerprint density at radius 3 is 2.67 bits per heavy atom. The van der Waals surface area contributed by atoms with E-state index in [1.165, 1.54) is 12.8 Å². The van der Waals surface area contributed by atoms with Crippen LogP contribution < -0.4 is 10.6 Å². The predicted octanol–water partition coefficient (Wildman–Crippen LogP) is 1.43. The van der Waals surface area contributed by atoms with Crippen LogP contribution in [0.3, 0.4) is 0 Å². The van der Waals surface area contributed by atoms with Crippen molar-refractivity contribution < 1.29 is 4.79 Å². The van der Waals surface area contributed by atoms with Gasteiger partial charge in [0, 0.05) is 12.1 Å². The molecule has 1 heterocycles. The van der Waals surface area contributed by atoms with Crippen LogP contribution in [0.5, 0.6) is 0 Å². The van der Waals surface area contributed by atoms with Crippen molar-refractivity contribution in [1.82, 2.24) is 10.6 Å². The summed E-state index contributed by atoms with van der Waals surface area (Å²) in [6, 6.07) is 0. The Balaban J connectivity index is 1.85. The van der Waals surface area contributed by atoms with Crippen LogP contribution in [0.2, 0.25) is 0 Å². The topological polar surface area (TPSA) is 41.1 Å². The molecule has 86 valence electrons. The van der Waals surface area contributed by atoms with E-state index >= 15 is 0 Å². The molecule has 1 saturated carbocycles. The highest BCUT2D eigenvalue weighted by Gasteiger charge is 2.32. The standard InChI is InChI=1S/C12H22N2O/c1-12(6-2-3-7-12)14-11(15)10-5-4-8-13-9-10/h10,13H,2-9H2,1H3,(H,14,15). The fraction of sp³-hybridized carbons (Fsp3) is 0.917. The maximum atomic E-state index is 12.0. The molecule has 3 heteroatoms. The summed E-state index contributed by atoms with van der Waals surface area (Å²) < 4.78 is 0. The van der Waals surface area contributed by atoms with Crippen molar-refractivity contribution in [3.63, 3.8) is 0 Å². The second-order valence-electron chi connectivity index (χ2n) is 5.30. The van der Waals surface area contributed by atoms with E-state index < -0.39 is 0 Å². The van der Waals surface area contributed by atoms with Crippen LogP contribution >= 0.6 is 0 Å². The van der Waals surface area contributed by atoms with Crippen molar-refractivity contribution in [2.45, 2.75) is 51.0 Å². The number of piperidine rings is 1. The van der Waals surface area contributed by atoms with E-state index in [4.69, 9.17) is 0 Å². The zero-order valence-electron chi connectivity index (χ0n) is 9.64. The lowest BCUT2D eigenvalue weighted by atomic mass is 9.95. The van der Waals surface area contributed by atoms with Crippen molar-refractivity contribution in [1.29, 1.82) is 0 Å². The molecule has 1 atom stereocenters. The van der Waals surface area contributed by atoms with Gasteiger partial charge in [0.05, 0.1) is 5.92 Å². The molecule has 0 radical (unpaired) electrons. The molecule has 0 aromatic carbocycles. The van der Waals surface area contributed by atoms with Gasteiger partial charge in [-0.3, -0.25) is 4.79 Å². The number of rotatable bonds is 2. The summed E-state index contributed by atoms with van der Waals surface area (Å²) in [5, 5.41) is 6.54. The number of hydrogen-bond acceptors (Lipinski definition) is 2. The summed E-state index contributed by atoms with van der Waals surface area (Å²) in [7, 11) is 0. The van der Waals surface area contributed by atoms with Gasteiger partial charge >= 0.3 is 0 Å². The second-order valence-corrected chi connectivity index (χ2v) is 5.30. The molecule has 0 aromatic rings. The van der Waals surface area contributed by atoms with E-state index in [-0.39, 0.29) is 17.4 Å². The predicted molar refractivity (Wildman–Crippen MR) is 60.6 cm³/mol. The molecule has 2 N–H and O–H groups in total. The summed E-state index contributed by atoms with van der Waals surface area (Å²) in [4.78, 5) is 12.0. The maximum Gasteiger partial charge on any atom is 0.224 e. The first kappa shape index (κ1) is 10.9. The van der Waals surface area contributed by atoms with E-state index in [2.05, 4.69) is 17.6 Å². The lowest BCUT2D eigenvalue weighted by Crippen LogP contribution is -2.49. The Morgan fingerprint density at radius 2 is 2.07 bits per heavy atom. The number of carbonyl (C=O) groups excluding carboxylic acids is 1. The molecule has 3 nitrogen and oxygen atoms in total. The molecule has 2 fully saturated rings. The largest absolute Gasteiger partial charge is 0.351 e. The van der Waals surface area contributed by atoms with E-state index in [0.717, 1.165) is 38.8 Å². The fourth-order valence-corrected chi connectivity index (χ4v) is 2.76. The zero-order valence-corrected chi connectivity index (χ0v) is 9.64. The van der Waals surface area contributed by atoms with Gasteiger partial charge in [-0.2, -0.15) is 0 Å². The minimum Gasteiger partial charge on any atom is -0.351 e. The van der Waals surface area contributed by atoms with Gasteiger partial charge in [0.1, 0.15) is 0 Å². The Kier molecular flexibility index (Phi) is 3.29.